The van der Waals surface area contributed by atoms with E-state index in [4.69, 9.17) is 5.11 Å². The normalized spacial score (nSPS) is 19.8. The van der Waals surface area contributed by atoms with Gasteiger partial charge < -0.3 is 15.3 Å². The molecule has 2 N–H and O–H groups in total. The van der Waals surface area contributed by atoms with Gasteiger partial charge in [0.25, 0.3) is 0 Å². The van der Waals surface area contributed by atoms with Crippen molar-refractivity contribution in [1.29, 1.82) is 0 Å². The Balaban J connectivity index is 2.29. The minimum Gasteiger partial charge on any atom is -0.481 e. The minimum atomic E-state index is -0.943. The predicted octanol–water partition coefficient (Wildman–Crippen LogP) is 0.650. The van der Waals surface area contributed by atoms with Gasteiger partial charge in [0.1, 0.15) is 0 Å². The van der Waals surface area contributed by atoms with Crippen LogP contribution in [0.3, 0.4) is 0 Å². The van der Waals surface area contributed by atoms with Crippen LogP contribution < -0.4 is 5.32 Å². The molecule has 1 aliphatic rings. The Labute approximate surface area is 116 Å². The lowest BCUT2D eigenvalue weighted by Crippen LogP contribution is -2.46. The van der Waals surface area contributed by atoms with E-state index < -0.39 is 16.8 Å². The summed E-state index contributed by atoms with van der Waals surface area (Å²) in [5.41, 5.74) is 0. The third kappa shape index (κ3) is 5.59. The molecule has 0 aromatic heterocycles. The third-order valence-corrected chi connectivity index (χ3v) is 4.77. The molecule has 6 nitrogen and oxygen atoms in total. The van der Waals surface area contributed by atoms with Crippen LogP contribution in [0.15, 0.2) is 0 Å². The molecule has 0 spiro atoms. The number of nitrogens with zero attached hydrogens (tertiary/aromatic N) is 1. The maximum atomic E-state index is 11.9. The zero-order valence-corrected chi connectivity index (χ0v) is 12.2. The Kier molecular flexibility index (Phi) is 6.27. The molecular formula is C12H22N2O4S. The Bertz CT molecular complexity index is 354. The lowest BCUT2D eigenvalue weighted by Gasteiger charge is -2.31. The van der Waals surface area contributed by atoms with Crippen molar-refractivity contribution in [2.45, 2.75) is 31.4 Å². The van der Waals surface area contributed by atoms with E-state index in [9.17, 15) is 13.8 Å². The fourth-order valence-electron chi connectivity index (χ4n) is 2.05. The number of carboxylic acids is 1. The number of likely N-dealkylation sites (tertiary alicyclic amines) is 1. The zero-order chi connectivity index (χ0) is 14.4. The third-order valence-electron chi connectivity index (χ3n) is 3.47. The number of amides is 2. The van der Waals surface area contributed by atoms with Gasteiger partial charge in [-0.25, -0.2) is 4.79 Å². The van der Waals surface area contributed by atoms with Gasteiger partial charge in [-0.3, -0.25) is 9.00 Å². The quantitative estimate of drug-likeness (QED) is 0.778. The highest BCUT2D eigenvalue weighted by Crippen LogP contribution is 2.20. The van der Waals surface area contributed by atoms with Crippen molar-refractivity contribution < 1.29 is 18.9 Å². The first-order valence-electron chi connectivity index (χ1n) is 6.47. The number of carbonyl (C=O) groups is 2. The summed E-state index contributed by atoms with van der Waals surface area (Å²) >= 11 is 0. The summed E-state index contributed by atoms with van der Waals surface area (Å²) in [7, 11) is -0.943. The number of nitrogens with one attached hydrogen (secondary N) is 1. The molecular weight excluding hydrogens is 268 g/mol. The molecule has 2 unspecified atom stereocenters. The van der Waals surface area contributed by atoms with Crippen molar-refractivity contribution >= 4 is 22.8 Å². The van der Waals surface area contributed by atoms with Crippen molar-refractivity contribution in [3.05, 3.63) is 0 Å². The Morgan fingerprint density at radius 2 is 2.00 bits per heavy atom. The molecule has 1 fully saturated rings. The second kappa shape index (κ2) is 7.47. The van der Waals surface area contributed by atoms with Gasteiger partial charge in [0.15, 0.2) is 0 Å². The average molecular weight is 290 g/mol. The van der Waals surface area contributed by atoms with Gasteiger partial charge in [0.05, 0.1) is 0 Å². The second-order valence-corrected chi connectivity index (χ2v) is 6.83. The van der Waals surface area contributed by atoms with E-state index in [0.717, 1.165) is 12.8 Å². The minimum absolute atomic E-state index is 0.0616. The Morgan fingerprint density at radius 1 is 1.42 bits per heavy atom. The molecule has 1 heterocycles. The van der Waals surface area contributed by atoms with E-state index in [0.29, 0.717) is 19.6 Å². The monoisotopic (exact) mass is 290 g/mol. The topological polar surface area (TPSA) is 86.7 Å². The van der Waals surface area contributed by atoms with Gasteiger partial charge in [0.2, 0.25) is 0 Å². The van der Waals surface area contributed by atoms with Crippen LogP contribution >= 0.6 is 0 Å². The summed E-state index contributed by atoms with van der Waals surface area (Å²) in [5, 5.41) is 11.4. The van der Waals surface area contributed by atoms with Crippen molar-refractivity contribution in [3.63, 3.8) is 0 Å². The summed E-state index contributed by atoms with van der Waals surface area (Å²) in [5.74, 6) is -0.606. The standard InChI is InChI=1S/C12H22N2O4S/c1-9(19(2)18)8-13-12(17)14-5-3-10(4-6-14)7-11(15)16/h9-10H,3-8H2,1-2H3,(H,13,17)(H,15,16). The molecule has 0 aromatic rings. The molecule has 1 saturated heterocycles. The van der Waals surface area contributed by atoms with Gasteiger partial charge in [-0.05, 0) is 25.7 Å². The lowest BCUT2D eigenvalue weighted by atomic mass is 9.94. The molecule has 7 heteroatoms. The maximum absolute atomic E-state index is 11.9. The van der Waals surface area contributed by atoms with Crippen LogP contribution in [0.5, 0.6) is 0 Å². The first kappa shape index (κ1) is 15.9. The van der Waals surface area contributed by atoms with Crippen molar-refractivity contribution in [2.75, 3.05) is 25.9 Å². The SMILES string of the molecule is CC(CNC(=O)N1CCC(CC(=O)O)CC1)S(C)=O. The molecule has 0 aliphatic carbocycles. The molecule has 110 valence electrons. The Morgan fingerprint density at radius 3 is 2.47 bits per heavy atom. The molecule has 2 amide bonds. The molecule has 0 saturated carbocycles. The van der Waals surface area contributed by atoms with Gasteiger partial charge in [-0.2, -0.15) is 0 Å². The van der Waals surface area contributed by atoms with Crippen LogP contribution in [0, 0.1) is 5.92 Å². The number of urea groups is 1. The largest absolute Gasteiger partial charge is 0.481 e. The molecule has 19 heavy (non-hydrogen) atoms. The van der Waals surface area contributed by atoms with Gasteiger partial charge in [-0.1, -0.05) is 0 Å². The molecule has 0 radical (unpaired) electrons. The van der Waals surface area contributed by atoms with E-state index in [1.165, 1.54) is 0 Å². The van der Waals surface area contributed by atoms with E-state index >= 15 is 0 Å². The first-order chi connectivity index (χ1) is 8.90. The van der Waals surface area contributed by atoms with E-state index in [1.54, 1.807) is 11.2 Å². The summed E-state index contributed by atoms with van der Waals surface area (Å²) in [6, 6.07) is -0.147. The molecule has 2 atom stereocenters. The number of rotatable bonds is 5. The van der Waals surface area contributed by atoms with Crippen LogP contribution in [0.4, 0.5) is 4.79 Å². The van der Waals surface area contributed by atoms with E-state index in [-0.39, 0.29) is 23.6 Å². The van der Waals surface area contributed by atoms with Crippen LogP contribution in [0.25, 0.3) is 0 Å². The maximum Gasteiger partial charge on any atom is 0.317 e. The van der Waals surface area contributed by atoms with Crippen LogP contribution in [0.2, 0.25) is 0 Å². The number of hydrogen-bond acceptors (Lipinski definition) is 3. The summed E-state index contributed by atoms with van der Waals surface area (Å²) < 4.78 is 11.2. The number of piperidine rings is 1. The predicted molar refractivity (Wildman–Crippen MR) is 73.5 cm³/mol. The summed E-state index contributed by atoms with van der Waals surface area (Å²) in [6.45, 7) is 3.41. The smallest absolute Gasteiger partial charge is 0.317 e. The highest BCUT2D eigenvalue weighted by molar-refractivity contribution is 7.84. The fourth-order valence-corrected chi connectivity index (χ4v) is 2.37. The lowest BCUT2D eigenvalue weighted by molar-refractivity contribution is -0.138. The van der Waals surface area contributed by atoms with E-state index in [2.05, 4.69) is 5.32 Å². The number of aliphatic carboxylic acids is 1. The molecule has 1 rings (SSSR count). The first-order valence-corrected chi connectivity index (χ1v) is 8.09. The van der Waals surface area contributed by atoms with Crippen LogP contribution in [-0.4, -0.2) is 57.4 Å². The van der Waals surface area contributed by atoms with Crippen molar-refractivity contribution in [3.8, 4) is 0 Å². The summed E-state index contributed by atoms with van der Waals surface area (Å²) in [6.07, 6.45) is 3.26. The average Bonchev–Trinajstić information content (AvgIpc) is 2.35. The highest BCUT2D eigenvalue weighted by Gasteiger charge is 2.24. The zero-order valence-electron chi connectivity index (χ0n) is 11.4. The number of hydrogen-bond donors (Lipinski definition) is 2. The molecule has 0 aromatic carbocycles. The van der Waals surface area contributed by atoms with Gasteiger partial charge in [-0.15, -0.1) is 0 Å². The van der Waals surface area contributed by atoms with Crippen LogP contribution in [0.1, 0.15) is 26.2 Å². The van der Waals surface area contributed by atoms with E-state index in [1.807, 2.05) is 6.92 Å². The van der Waals surface area contributed by atoms with Gasteiger partial charge in [0, 0.05) is 48.4 Å². The fraction of sp³-hybridized carbons (Fsp3) is 0.833. The second-order valence-electron chi connectivity index (χ2n) is 5.02. The number of carboxylic acid groups (broad SMARTS) is 1. The highest BCUT2D eigenvalue weighted by atomic mass is 32.2. The number of carbonyl (C=O) groups excluding carboxylic acids is 1. The van der Waals surface area contributed by atoms with Crippen LogP contribution in [-0.2, 0) is 15.6 Å². The molecule has 0 bridgehead atoms. The van der Waals surface area contributed by atoms with Gasteiger partial charge >= 0.3 is 12.0 Å². The van der Waals surface area contributed by atoms with Crippen molar-refractivity contribution in [1.82, 2.24) is 10.2 Å². The van der Waals surface area contributed by atoms with Crippen molar-refractivity contribution in [2.24, 2.45) is 5.92 Å². The molecule has 1 aliphatic heterocycles. The summed E-state index contributed by atoms with van der Waals surface area (Å²) in [4.78, 5) is 24.2. The Hall–Kier alpha value is -1.11.